The lowest BCUT2D eigenvalue weighted by atomic mass is 9.93. The lowest BCUT2D eigenvalue weighted by Gasteiger charge is -2.14. The maximum absolute atomic E-state index is 4.68. The van der Waals surface area contributed by atoms with E-state index in [2.05, 4.69) is 67.2 Å². The van der Waals surface area contributed by atoms with E-state index in [0.29, 0.717) is 0 Å². The third kappa shape index (κ3) is 2.75. The Morgan fingerprint density at radius 1 is 1.22 bits per heavy atom. The molecule has 0 aromatic carbocycles. The van der Waals surface area contributed by atoms with Gasteiger partial charge in [-0.05, 0) is 26.0 Å². The summed E-state index contributed by atoms with van der Waals surface area (Å²) in [5.74, 6) is 0. The molecule has 2 aromatic rings. The van der Waals surface area contributed by atoms with Gasteiger partial charge in [-0.2, -0.15) is 0 Å². The monoisotopic (exact) mass is 263 g/mol. The normalized spacial score (nSPS) is 11.8. The van der Waals surface area contributed by atoms with Crippen molar-refractivity contribution in [1.82, 2.24) is 9.66 Å². The molecule has 0 aliphatic rings. The maximum Gasteiger partial charge on any atom is 0.114 e. The lowest BCUT2D eigenvalue weighted by molar-refractivity contribution is 0.570. The van der Waals surface area contributed by atoms with E-state index in [9.17, 15) is 0 Å². The van der Waals surface area contributed by atoms with Crippen molar-refractivity contribution in [2.45, 2.75) is 46.6 Å². The zero-order valence-corrected chi connectivity index (χ0v) is 12.6. The summed E-state index contributed by atoms with van der Waals surface area (Å²) in [6.07, 6.45) is 0. The molecule has 0 atom stereocenters. The van der Waals surface area contributed by atoms with Crippen LogP contribution in [0.15, 0.2) is 17.5 Å². The van der Waals surface area contributed by atoms with Crippen molar-refractivity contribution in [3.63, 3.8) is 0 Å². The van der Waals surface area contributed by atoms with Crippen LogP contribution >= 0.6 is 11.3 Å². The second kappa shape index (κ2) is 4.76. The summed E-state index contributed by atoms with van der Waals surface area (Å²) in [6, 6.07) is 4.23. The van der Waals surface area contributed by atoms with E-state index in [4.69, 9.17) is 0 Å². The first-order valence-corrected chi connectivity index (χ1v) is 7.09. The summed E-state index contributed by atoms with van der Waals surface area (Å²) >= 11 is 1.72. The van der Waals surface area contributed by atoms with Crippen LogP contribution in [-0.4, -0.2) is 9.66 Å². The van der Waals surface area contributed by atoms with Crippen molar-refractivity contribution in [2.24, 2.45) is 0 Å². The summed E-state index contributed by atoms with van der Waals surface area (Å²) in [5.41, 5.74) is 7.16. The predicted molar refractivity (Wildman–Crippen MR) is 77.8 cm³/mol. The maximum atomic E-state index is 4.68. The molecule has 98 valence electrons. The summed E-state index contributed by atoms with van der Waals surface area (Å²) in [4.78, 5) is 4.68. The van der Waals surface area contributed by atoms with Crippen LogP contribution < -0.4 is 5.43 Å². The molecule has 0 aliphatic carbocycles. The molecule has 0 spiro atoms. The van der Waals surface area contributed by atoms with E-state index in [1.54, 1.807) is 11.3 Å². The number of aromatic nitrogens is 2. The first-order valence-electron chi connectivity index (χ1n) is 6.21. The minimum Gasteiger partial charge on any atom is -0.319 e. The Hall–Kier alpha value is -1.29. The molecule has 2 rings (SSSR count). The van der Waals surface area contributed by atoms with Crippen LogP contribution in [-0.2, 0) is 12.0 Å². The zero-order valence-electron chi connectivity index (χ0n) is 11.7. The average Bonchev–Trinajstić information content (AvgIpc) is 2.84. The van der Waals surface area contributed by atoms with Crippen molar-refractivity contribution in [2.75, 3.05) is 5.43 Å². The molecule has 2 aromatic heterocycles. The second-order valence-corrected chi connectivity index (χ2v) is 6.61. The number of hydrogen-bond donors (Lipinski definition) is 1. The topological polar surface area (TPSA) is 29.9 Å². The summed E-state index contributed by atoms with van der Waals surface area (Å²) in [7, 11) is 0. The third-order valence-corrected chi connectivity index (χ3v) is 3.83. The molecule has 3 nitrogen and oxygen atoms in total. The molecule has 0 amide bonds. The second-order valence-electron chi connectivity index (χ2n) is 5.66. The Bertz CT molecular complexity index is 512. The Labute approximate surface area is 113 Å². The van der Waals surface area contributed by atoms with Gasteiger partial charge in [0.15, 0.2) is 0 Å². The molecule has 0 unspecified atom stereocenters. The third-order valence-electron chi connectivity index (χ3n) is 2.98. The van der Waals surface area contributed by atoms with Gasteiger partial charge in [0.1, 0.15) is 5.01 Å². The van der Waals surface area contributed by atoms with Gasteiger partial charge in [-0.1, -0.05) is 20.8 Å². The molecule has 18 heavy (non-hydrogen) atoms. The lowest BCUT2D eigenvalue weighted by Crippen LogP contribution is -2.17. The highest BCUT2D eigenvalue weighted by Crippen LogP contribution is 2.23. The van der Waals surface area contributed by atoms with Crippen LogP contribution in [0.1, 0.15) is 42.9 Å². The van der Waals surface area contributed by atoms with Crippen LogP contribution in [0.25, 0.3) is 0 Å². The summed E-state index contributed by atoms with van der Waals surface area (Å²) in [5, 5.41) is 3.29. The number of rotatable bonds is 3. The SMILES string of the molecule is Cc1ccc(C)n1NCc1nc(C(C)(C)C)cs1. The number of aryl methyl sites for hydroxylation is 2. The van der Waals surface area contributed by atoms with Gasteiger partial charge >= 0.3 is 0 Å². The Morgan fingerprint density at radius 3 is 2.33 bits per heavy atom. The van der Waals surface area contributed by atoms with Gasteiger partial charge in [-0.3, -0.25) is 4.68 Å². The standard InChI is InChI=1S/C14H21N3S/c1-10-6-7-11(2)17(10)15-8-13-16-12(9-18-13)14(3,4)5/h6-7,9,15H,8H2,1-5H3. The van der Waals surface area contributed by atoms with Crippen LogP contribution in [0.2, 0.25) is 0 Å². The fourth-order valence-corrected chi connectivity index (χ4v) is 2.75. The highest BCUT2D eigenvalue weighted by atomic mass is 32.1. The largest absolute Gasteiger partial charge is 0.319 e. The average molecular weight is 263 g/mol. The number of nitrogens with zero attached hydrogens (tertiary/aromatic N) is 2. The predicted octanol–water partition coefficient (Wildman–Crippen LogP) is 3.60. The highest BCUT2D eigenvalue weighted by Gasteiger charge is 2.17. The van der Waals surface area contributed by atoms with Crippen LogP contribution in [0, 0.1) is 13.8 Å². The fourth-order valence-electron chi connectivity index (χ4n) is 1.80. The summed E-state index contributed by atoms with van der Waals surface area (Å²) < 4.78 is 2.11. The van der Waals surface area contributed by atoms with E-state index in [1.165, 1.54) is 17.1 Å². The van der Waals surface area contributed by atoms with E-state index in [0.717, 1.165) is 11.6 Å². The van der Waals surface area contributed by atoms with Gasteiger partial charge in [0, 0.05) is 22.2 Å². The summed E-state index contributed by atoms with van der Waals surface area (Å²) in [6.45, 7) is 11.6. The molecule has 2 heterocycles. The Kier molecular flexibility index (Phi) is 3.48. The molecular weight excluding hydrogens is 242 g/mol. The van der Waals surface area contributed by atoms with Crippen molar-refractivity contribution in [3.8, 4) is 0 Å². The van der Waals surface area contributed by atoms with Gasteiger partial charge in [0.05, 0.1) is 12.2 Å². The van der Waals surface area contributed by atoms with Crippen LogP contribution in [0.3, 0.4) is 0 Å². The van der Waals surface area contributed by atoms with Crippen molar-refractivity contribution >= 4 is 11.3 Å². The minimum atomic E-state index is 0.133. The molecule has 0 radical (unpaired) electrons. The van der Waals surface area contributed by atoms with E-state index >= 15 is 0 Å². The van der Waals surface area contributed by atoms with Gasteiger partial charge in [0.2, 0.25) is 0 Å². The van der Waals surface area contributed by atoms with Gasteiger partial charge in [-0.25, -0.2) is 4.98 Å². The molecule has 0 bridgehead atoms. The number of hydrogen-bond acceptors (Lipinski definition) is 3. The minimum absolute atomic E-state index is 0.133. The molecule has 0 saturated carbocycles. The van der Waals surface area contributed by atoms with Crippen molar-refractivity contribution in [3.05, 3.63) is 39.6 Å². The molecule has 0 saturated heterocycles. The van der Waals surface area contributed by atoms with E-state index in [1.807, 2.05) is 0 Å². The zero-order chi connectivity index (χ0) is 13.3. The number of thiazole rings is 1. The van der Waals surface area contributed by atoms with Gasteiger partial charge in [0.25, 0.3) is 0 Å². The Balaban J connectivity index is 2.05. The molecule has 4 heteroatoms. The van der Waals surface area contributed by atoms with Crippen molar-refractivity contribution in [1.29, 1.82) is 0 Å². The van der Waals surface area contributed by atoms with Gasteiger partial charge < -0.3 is 5.43 Å². The van der Waals surface area contributed by atoms with Crippen LogP contribution in [0.5, 0.6) is 0 Å². The fraction of sp³-hybridized carbons (Fsp3) is 0.500. The van der Waals surface area contributed by atoms with E-state index < -0.39 is 0 Å². The highest BCUT2D eigenvalue weighted by molar-refractivity contribution is 7.09. The first-order chi connectivity index (χ1) is 8.38. The first kappa shape index (κ1) is 13.1. The number of nitrogens with one attached hydrogen (secondary N) is 1. The smallest absolute Gasteiger partial charge is 0.114 e. The Morgan fingerprint density at radius 2 is 1.83 bits per heavy atom. The van der Waals surface area contributed by atoms with Crippen LogP contribution in [0.4, 0.5) is 0 Å². The molecule has 0 fully saturated rings. The molecule has 1 N–H and O–H groups in total. The molecule has 0 aliphatic heterocycles. The van der Waals surface area contributed by atoms with Crippen molar-refractivity contribution < 1.29 is 0 Å². The molecular formula is C14H21N3S. The van der Waals surface area contributed by atoms with E-state index in [-0.39, 0.29) is 5.41 Å². The quantitative estimate of drug-likeness (QED) is 0.917. The van der Waals surface area contributed by atoms with Gasteiger partial charge in [-0.15, -0.1) is 11.3 Å².